The molecule has 12 nitrogen and oxygen atoms in total. The summed E-state index contributed by atoms with van der Waals surface area (Å²) in [6, 6.07) is 13.0. The molecule has 0 aliphatic carbocycles. The molecule has 3 N–H and O–H groups in total. The number of aliphatic hydroxyl groups excluding tert-OH is 1. The number of hydrogen-bond acceptors (Lipinski definition) is 9. The van der Waals surface area contributed by atoms with Crippen molar-refractivity contribution in [2.45, 2.75) is 46.8 Å². The van der Waals surface area contributed by atoms with Crippen LogP contribution < -0.4 is 14.8 Å². The van der Waals surface area contributed by atoms with E-state index in [-0.39, 0.29) is 29.0 Å². The van der Waals surface area contributed by atoms with E-state index in [0.717, 1.165) is 17.5 Å². The monoisotopic (exact) mass is 619 g/mol. The zero-order valence-corrected chi connectivity index (χ0v) is 25.3. The third-order valence-electron chi connectivity index (χ3n) is 7.82. The van der Waals surface area contributed by atoms with Crippen molar-refractivity contribution in [3.8, 4) is 16.9 Å². The van der Waals surface area contributed by atoms with Gasteiger partial charge in [0.15, 0.2) is 0 Å². The Morgan fingerprint density at radius 1 is 1.10 bits per heavy atom. The highest BCUT2D eigenvalue weighted by Gasteiger charge is 2.44. The van der Waals surface area contributed by atoms with E-state index in [4.69, 9.17) is 9.47 Å². The van der Waals surface area contributed by atoms with E-state index in [1.165, 1.54) is 23.5 Å². The molecule has 0 amide bonds. The van der Waals surface area contributed by atoms with Gasteiger partial charge >= 0.3 is 0 Å². The third-order valence-corrected chi connectivity index (χ3v) is 11.1. The Morgan fingerprint density at radius 3 is 2.55 bits per heavy atom. The van der Waals surface area contributed by atoms with Crippen molar-refractivity contribution in [3.05, 3.63) is 60.9 Å². The van der Waals surface area contributed by atoms with Crippen LogP contribution in [0.3, 0.4) is 0 Å². The highest BCUT2D eigenvalue weighted by Crippen LogP contribution is 2.37. The zero-order chi connectivity index (χ0) is 30.0. The van der Waals surface area contributed by atoms with Gasteiger partial charge < -0.3 is 19.9 Å². The quantitative estimate of drug-likeness (QED) is 0.289. The summed E-state index contributed by atoms with van der Waals surface area (Å²) >= 11 is 0. The number of aliphatic hydroxyl groups is 1. The molecule has 0 radical (unpaired) electrons. The molecule has 2 atom stereocenters. The molecule has 1 aromatic heterocycles. The fraction of sp³-hybridized carbons (Fsp3) is 0.464. The first kappa shape index (κ1) is 30.6. The van der Waals surface area contributed by atoms with Gasteiger partial charge in [0.2, 0.25) is 20.0 Å². The number of hydrogen-bond donors (Lipinski definition) is 3. The van der Waals surface area contributed by atoms with Gasteiger partial charge in [0.1, 0.15) is 18.5 Å². The van der Waals surface area contributed by atoms with E-state index in [0.29, 0.717) is 38.3 Å². The van der Waals surface area contributed by atoms with E-state index in [2.05, 4.69) is 15.1 Å². The minimum absolute atomic E-state index is 0.0103. The Bertz CT molecular complexity index is 1600. The minimum atomic E-state index is -3.66. The number of nitrogens with one attached hydrogen (secondary N) is 2. The van der Waals surface area contributed by atoms with Gasteiger partial charge in [-0.1, -0.05) is 18.2 Å². The lowest BCUT2D eigenvalue weighted by molar-refractivity contribution is -0.0312. The molecule has 2 fully saturated rings. The highest BCUT2D eigenvalue weighted by atomic mass is 32.2. The van der Waals surface area contributed by atoms with Crippen LogP contribution in [0.1, 0.15) is 19.3 Å². The zero-order valence-electron chi connectivity index (χ0n) is 23.6. The average Bonchev–Trinajstić information content (AvgIpc) is 3.61. The van der Waals surface area contributed by atoms with Crippen LogP contribution in [-0.2, 0) is 31.8 Å². The van der Waals surface area contributed by atoms with Gasteiger partial charge in [0, 0.05) is 50.6 Å². The number of sulfonamides is 2. The highest BCUT2D eigenvalue weighted by molar-refractivity contribution is 7.89. The summed E-state index contributed by atoms with van der Waals surface area (Å²) < 4.78 is 68.1. The van der Waals surface area contributed by atoms with Crippen LogP contribution in [0.5, 0.6) is 5.75 Å². The first-order valence-electron chi connectivity index (χ1n) is 13.8. The molecule has 3 aromatic rings. The summed E-state index contributed by atoms with van der Waals surface area (Å²) in [5.41, 5.74) is 1.26. The SMILES string of the molecule is CNS(=O)(=O)c1cccc(OCC(O)CN[C@H]2COC3(CCN(S(=O)(=O)c4cccc(-c5cnn(C)c5)c4)CC3)C2)c1. The summed E-state index contributed by atoms with van der Waals surface area (Å²) in [5, 5.41) is 17.9. The fourth-order valence-corrected chi connectivity index (χ4v) is 7.67. The normalized spacial score (nSPS) is 20.1. The van der Waals surface area contributed by atoms with Crippen molar-refractivity contribution in [2.24, 2.45) is 7.05 Å². The van der Waals surface area contributed by atoms with E-state index in [1.807, 2.05) is 19.3 Å². The van der Waals surface area contributed by atoms with E-state index in [1.54, 1.807) is 41.2 Å². The van der Waals surface area contributed by atoms with Gasteiger partial charge in [-0.05, 0) is 56.1 Å². The summed E-state index contributed by atoms with van der Waals surface area (Å²) in [7, 11) is -4.09. The van der Waals surface area contributed by atoms with Gasteiger partial charge in [-0.25, -0.2) is 21.6 Å². The molecule has 228 valence electrons. The first-order chi connectivity index (χ1) is 20.0. The smallest absolute Gasteiger partial charge is 0.243 e. The number of aryl methyl sites for hydroxylation is 1. The lowest BCUT2D eigenvalue weighted by atomic mass is 9.88. The van der Waals surface area contributed by atoms with Crippen LogP contribution >= 0.6 is 0 Å². The molecule has 1 unspecified atom stereocenters. The predicted molar refractivity (Wildman–Crippen MR) is 156 cm³/mol. The molecule has 2 aliphatic heterocycles. The van der Waals surface area contributed by atoms with Gasteiger partial charge in [-0.15, -0.1) is 0 Å². The van der Waals surface area contributed by atoms with Crippen molar-refractivity contribution >= 4 is 20.0 Å². The molecular formula is C28H37N5O7S2. The first-order valence-corrected chi connectivity index (χ1v) is 16.7. The molecular weight excluding hydrogens is 582 g/mol. The van der Waals surface area contributed by atoms with Gasteiger partial charge in [0.25, 0.3) is 0 Å². The van der Waals surface area contributed by atoms with Crippen molar-refractivity contribution in [1.82, 2.24) is 24.1 Å². The summed E-state index contributed by atoms with van der Waals surface area (Å²) in [5.74, 6) is 0.346. The van der Waals surface area contributed by atoms with E-state index in [9.17, 15) is 21.9 Å². The van der Waals surface area contributed by atoms with Crippen LogP contribution in [-0.4, -0.2) is 93.7 Å². The van der Waals surface area contributed by atoms with Crippen LogP contribution in [0, 0.1) is 0 Å². The molecule has 3 heterocycles. The van der Waals surface area contributed by atoms with Crippen LogP contribution in [0.25, 0.3) is 11.1 Å². The number of nitrogens with zero attached hydrogens (tertiary/aromatic N) is 3. The van der Waals surface area contributed by atoms with Gasteiger partial charge in [-0.3, -0.25) is 4.68 Å². The lowest BCUT2D eigenvalue weighted by Crippen LogP contribution is -2.47. The molecule has 2 aromatic carbocycles. The van der Waals surface area contributed by atoms with E-state index >= 15 is 0 Å². The number of rotatable bonds is 11. The Kier molecular flexibility index (Phi) is 9.04. The second-order valence-corrected chi connectivity index (χ2v) is 14.6. The second-order valence-electron chi connectivity index (χ2n) is 10.8. The maximum atomic E-state index is 13.4. The van der Waals surface area contributed by atoms with Crippen molar-refractivity contribution in [1.29, 1.82) is 0 Å². The Morgan fingerprint density at radius 2 is 1.83 bits per heavy atom. The van der Waals surface area contributed by atoms with Crippen molar-refractivity contribution in [3.63, 3.8) is 0 Å². The predicted octanol–water partition coefficient (Wildman–Crippen LogP) is 1.34. The molecule has 0 bridgehead atoms. The Hall–Kier alpha value is -2.85. The Balaban J connectivity index is 1.10. The number of ether oxygens (including phenoxy) is 2. The molecule has 2 saturated heterocycles. The Labute approximate surface area is 246 Å². The lowest BCUT2D eigenvalue weighted by Gasteiger charge is -2.38. The molecule has 42 heavy (non-hydrogen) atoms. The average molecular weight is 620 g/mol. The summed E-state index contributed by atoms with van der Waals surface area (Å²) in [6.07, 6.45) is 4.63. The van der Waals surface area contributed by atoms with Crippen molar-refractivity contribution < 1.29 is 31.4 Å². The topological polar surface area (TPSA) is 152 Å². The van der Waals surface area contributed by atoms with Gasteiger partial charge in [0.05, 0.1) is 28.2 Å². The van der Waals surface area contributed by atoms with Crippen LogP contribution in [0.2, 0.25) is 0 Å². The van der Waals surface area contributed by atoms with Gasteiger partial charge in [-0.2, -0.15) is 9.40 Å². The summed E-state index contributed by atoms with van der Waals surface area (Å²) in [6.45, 7) is 1.46. The molecule has 1 spiro atoms. The second kappa shape index (κ2) is 12.4. The maximum absolute atomic E-state index is 13.4. The molecule has 2 aliphatic rings. The maximum Gasteiger partial charge on any atom is 0.243 e. The van der Waals surface area contributed by atoms with Crippen LogP contribution in [0.4, 0.5) is 0 Å². The van der Waals surface area contributed by atoms with Crippen LogP contribution in [0.15, 0.2) is 70.7 Å². The number of piperidine rings is 1. The molecule has 14 heteroatoms. The largest absolute Gasteiger partial charge is 0.491 e. The number of benzene rings is 2. The van der Waals surface area contributed by atoms with Crippen molar-refractivity contribution in [2.75, 3.05) is 39.9 Å². The van der Waals surface area contributed by atoms with E-state index < -0.39 is 31.8 Å². The number of aromatic nitrogens is 2. The minimum Gasteiger partial charge on any atom is -0.491 e. The molecule has 5 rings (SSSR count). The third kappa shape index (κ3) is 6.86. The molecule has 0 saturated carbocycles. The summed E-state index contributed by atoms with van der Waals surface area (Å²) in [4.78, 5) is 0.346. The fourth-order valence-electron chi connectivity index (χ4n) is 5.42. The standard InChI is InChI=1S/C28H37N5O7S2/c1-29-41(35,36)26-7-4-6-25(14-26)39-20-24(34)17-30-23-15-28(40-19-23)9-11-33(12-10-28)42(37,38)27-8-3-5-21(13-27)22-16-31-32(2)18-22/h3-8,13-14,16,18,23-24,29-30,34H,9-12,15,17,19-20H2,1-2H3/t23-,24?/m1/s1.